The first-order chi connectivity index (χ1) is 11.9. The van der Waals surface area contributed by atoms with E-state index in [1.54, 1.807) is 0 Å². The van der Waals surface area contributed by atoms with Gasteiger partial charge in [-0.25, -0.2) is 4.79 Å². The zero-order chi connectivity index (χ0) is 18.4. The Morgan fingerprint density at radius 1 is 1.24 bits per heavy atom. The second-order valence-corrected chi connectivity index (χ2v) is 6.84. The van der Waals surface area contributed by atoms with Gasteiger partial charge in [0.15, 0.2) is 0 Å². The highest BCUT2D eigenvalue weighted by Gasteiger charge is 2.36. The summed E-state index contributed by atoms with van der Waals surface area (Å²) in [6.07, 6.45) is 1.21. The van der Waals surface area contributed by atoms with Gasteiger partial charge in [-0.1, -0.05) is 44.2 Å². The standard InChI is InChI=1S/C19H26N2O4/c1-13(2)15(18(23)20-12-14-7-4-3-5-8-14)11-17(22)21-10-6-9-16(21)19(24)25/h3-5,7-8,13,15-16H,6,9-12H2,1-2H3,(H,20,23)(H,24,25)/t15?,16-/m0/s1. The molecule has 2 N–H and O–H groups in total. The molecule has 2 atom stereocenters. The van der Waals surface area contributed by atoms with Crippen molar-refractivity contribution in [1.82, 2.24) is 10.2 Å². The summed E-state index contributed by atoms with van der Waals surface area (Å²) in [6.45, 7) is 4.67. The van der Waals surface area contributed by atoms with Crippen LogP contribution in [-0.2, 0) is 20.9 Å². The van der Waals surface area contributed by atoms with Gasteiger partial charge in [0.2, 0.25) is 11.8 Å². The molecule has 1 heterocycles. The van der Waals surface area contributed by atoms with Crippen LogP contribution in [0.3, 0.4) is 0 Å². The molecule has 1 saturated heterocycles. The summed E-state index contributed by atoms with van der Waals surface area (Å²) in [7, 11) is 0. The first-order valence-corrected chi connectivity index (χ1v) is 8.74. The number of likely N-dealkylation sites (tertiary alicyclic amines) is 1. The van der Waals surface area contributed by atoms with E-state index in [0.717, 1.165) is 5.56 Å². The zero-order valence-corrected chi connectivity index (χ0v) is 14.8. The molecular weight excluding hydrogens is 320 g/mol. The Kier molecular flexibility index (Phi) is 6.56. The minimum atomic E-state index is -0.972. The van der Waals surface area contributed by atoms with Crippen LogP contribution in [0.5, 0.6) is 0 Å². The molecule has 1 aromatic carbocycles. The molecule has 0 aromatic heterocycles. The maximum Gasteiger partial charge on any atom is 0.326 e. The first kappa shape index (κ1) is 19.0. The second-order valence-electron chi connectivity index (χ2n) is 6.84. The van der Waals surface area contributed by atoms with E-state index in [0.29, 0.717) is 25.9 Å². The van der Waals surface area contributed by atoms with E-state index in [2.05, 4.69) is 5.32 Å². The van der Waals surface area contributed by atoms with Crippen LogP contribution in [-0.4, -0.2) is 40.4 Å². The van der Waals surface area contributed by atoms with Crippen LogP contribution in [0.4, 0.5) is 0 Å². The summed E-state index contributed by atoms with van der Waals surface area (Å²) >= 11 is 0. The minimum absolute atomic E-state index is 0.00870. The molecule has 2 amide bonds. The first-order valence-electron chi connectivity index (χ1n) is 8.74. The van der Waals surface area contributed by atoms with Gasteiger partial charge in [-0.15, -0.1) is 0 Å². The molecule has 1 aromatic rings. The van der Waals surface area contributed by atoms with Gasteiger partial charge in [0.25, 0.3) is 0 Å². The van der Waals surface area contributed by atoms with Crippen molar-refractivity contribution in [2.75, 3.05) is 6.54 Å². The van der Waals surface area contributed by atoms with Gasteiger partial charge >= 0.3 is 5.97 Å². The highest BCUT2D eigenvalue weighted by atomic mass is 16.4. The lowest BCUT2D eigenvalue weighted by Gasteiger charge is -2.25. The molecule has 1 aliphatic heterocycles. The normalized spacial score (nSPS) is 18.2. The fourth-order valence-electron chi connectivity index (χ4n) is 3.17. The molecule has 6 nitrogen and oxygen atoms in total. The number of carbonyl (C=O) groups excluding carboxylic acids is 2. The molecule has 0 radical (unpaired) electrons. The van der Waals surface area contributed by atoms with Crippen molar-refractivity contribution in [3.05, 3.63) is 35.9 Å². The van der Waals surface area contributed by atoms with Gasteiger partial charge < -0.3 is 15.3 Å². The predicted molar refractivity (Wildman–Crippen MR) is 93.6 cm³/mol. The van der Waals surface area contributed by atoms with Gasteiger partial charge in [0.05, 0.1) is 0 Å². The maximum atomic E-state index is 12.5. The average Bonchev–Trinajstić information content (AvgIpc) is 3.08. The molecule has 0 aliphatic carbocycles. The van der Waals surface area contributed by atoms with Crippen LogP contribution >= 0.6 is 0 Å². The van der Waals surface area contributed by atoms with E-state index in [1.807, 2.05) is 44.2 Å². The van der Waals surface area contributed by atoms with E-state index < -0.39 is 17.9 Å². The fraction of sp³-hybridized carbons (Fsp3) is 0.526. The number of carboxylic acids is 1. The third-order valence-electron chi connectivity index (χ3n) is 4.70. The van der Waals surface area contributed by atoms with Crippen LogP contribution in [0.25, 0.3) is 0 Å². The molecule has 1 unspecified atom stereocenters. The number of aliphatic carboxylic acids is 1. The molecule has 25 heavy (non-hydrogen) atoms. The summed E-state index contributed by atoms with van der Waals surface area (Å²) in [5.41, 5.74) is 0.996. The summed E-state index contributed by atoms with van der Waals surface area (Å²) in [4.78, 5) is 37.7. The predicted octanol–water partition coefficient (Wildman–Crippen LogP) is 2.04. The molecule has 1 fully saturated rings. The summed E-state index contributed by atoms with van der Waals surface area (Å²) in [5.74, 6) is -1.87. The Bertz CT molecular complexity index is 615. The van der Waals surface area contributed by atoms with Crippen molar-refractivity contribution < 1.29 is 19.5 Å². The molecule has 0 saturated carbocycles. The van der Waals surface area contributed by atoms with Gasteiger partial charge in [0, 0.05) is 25.4 Å². The highest BCUT2D eigenvalue weighted by Crippen LogP contribution is 2.23. The summed E-state index contributed by atoms with van der Waals surface area (Å²) in [5, 5.41) is 12.1. The van der Waals surface area contributed by atoms with E-state index in [1.165, 1.54) is 4.90 Å². The number of nitrogens with one attached hydrogen (secondary N) is 1. The second kappa shape index (κ2) is 8.65. The van der Waals surface area contributed by atoms with Crippen molar-refractivity contribution in [3.63, 3.8) is 0 Å². The fourth-order valence-corrected chi connectivity index (χ4v) is 3.17. The van der Waals surface area contributed by atoms with Crippen molar-refractivity contribution in [3.8, 4) is 0 Å². The number of amides is 2. The monoisotopic (exact) mass is 346 g/mol. The number of hydrogen-bond donors (Lipinski definition) is 2. The summed E-state index contributed by atoms with van der Waals surface area (Å²) < 4.78 is 0. The zero-order valence-electron chi connectivity index (χ0n) is 14.8. The van der Waals surface area contributed by atoms with Crippen molar-refractivity contribution in [1.29, 1.82) is 0 Å². The number of carboxylic acid groups (broad SMARTS) is 1. The Labute approximate surface area is 148 Å². The number of benzene rings is 1. The van der Waals surface area contributed by atoms with Crippen LogP contribution < -0.4 is 5.32 Å². The third kappa shape index (κ3) is 5.05. The van der Waals surface area contributed by atoms with Gasteiger partial charge in [-0.3, -0.25) is 9.59 Å². The molecule has 1 aliphatic rings. The van der Waals surface area contributed by atoms with Gasteiger partial charge in [0.1, 0.15) is 6.04 Å². The van der Waals surface area contributed by atoms with Crippen LogP contribution in [0.1, 0.15) is 38.7 Å². The number of rotatable bonds is 7. The smallest absolute Gasteiger partial charge is 0.326 e. The van der Waals surface area contributed by atoms with Crippen molar-refractivity contribution in [2.24, 2.45) is 11.8 Å². The van der Waals surface area contributed by atoms with Crippen molar-refractivity contribution >= 4 is 17.8 Å². The van der Waals surface area contributed by atoms with E-state index >= 15 is 0 Å². The minimum Gasteiger partial charge on any atom is -0.480 e. The lowest BCUT2D eigenvalue weighted by molar-refractivity contribution is -0.149. The highest BCUT2D eigenvalue weighted by molar-refractivity contribution is 5.88. The van der Waals surface area contributed by atoms with E-state index in [-0.39, 0.29) is 24.2 Å². The largest absolute Gasteiger partial charge is 0.480 e. The van der Waals surface area contributed by atoms with Gasteiger partial charge in [-0.05, 0) is 24.3 Å². The average molecular weight is 346 g/mol. The van der Waals surface area contributed by atoms with Crippen molar-refractivity contribution in [2.45, 2.75) is 45.7 Å². The molecule has 6 heteroatoms. The molecule has 0 bridgehead atoms. The number of hydrogen-bond acceptors (Lipinski definition) is 3. The molecule has 2 rings (SSSR count). The van der Waals surface area contributed by atoms with E-state index in [9.17, 15) is 19.5 Å². The van der Waals surface area contributed by atoms with Gasteiger partial charge in [-0.2, -0.15) is 0 Å². The van der Waals surface area contributed by atoms with Crippen LogP contribution in [0.15, 0.2) is 30.3 Å². The Morgan fingerprint density at radius 3 is 2.52 bits per heavy atom. The maximum absolute atomic E-state index is 12.5. The quantitative estimate of drug-likeness (QED) is 0.791. The lowest BCUT2D eigenvalue weighted by Crippen LogP contribution is -2.43. The topological polar surface area (TPSA) is 86.7 Å². The SMILES string of the molecule is CC(C)C(CC(=O)N1CCC[C@H]1C(=O)O)C(=O)NCc1ccccc1. The number of carbonyl (C=O) groups is 3. The molecule has 0 spiro atoms. The Balaban J connectivity index is 1.96. The third-order valence-corrected chi connectivity index (χ3v) is 4.70. The van der Waals surface area contributed by atoms with Crippen LogP contribution in [0, 0.1) is 11.8 Å². The molecule has 136 valence electrons. The lowest BCUT2D eigenvalue weighted by atomic mass is 9.90. The molecular formula is C19H26N2O4. The van der Waals surface area contributed by atoms with Crippen LogP contribution in [0.2, 0.25) is 0 Å². The summed E-state index contributed by atoms with van der Waals surface area (Å²) in [6, 6.07) is 8.83. The van der Waals surface area contributed by atoms with E-state index in [4.69, 9.17) is 0 Å². The Morgan fingerprint density at radius 2 is 1.92 bits per heavy atom. The Hall–Kier alpha value is -2.37. The number of nitrogens with zero attached hydrogens (tertiary/aromatic N) is 1.